The van der Waals surface area contributed by atoms with Gasteiger partial charge in [0.05, 0.1) is 10.7 Å². The van der Waals surface area contributed by atoms with E-state index in [0.717, 1.165) is 23.3 Å². The highest BCUT2D eigenvalue weighted by Crippen LogP contribution is 2.29. The normalized spacial score (nSPS) is 12.4. The average Bonchev–Trinajstić information content (AvgIpc) is 2.49. The van der Waals surface area contributed by atoms with Crippen molar-refractivity contribution in [2.75, 3.05) is 5.32 Å². The van der Waals surface area contributed by atoms with E-state index in [1.807, 2.05) is 36.5 Å². The highest BCUT2D eigenvalue weighted by atomic mass is 35.5. The molecule has 1 aromatic carbocycles. The van der Waals surface area contributed by atoms with Gasteiger partial charge in [-0.2, -0.15) is 13.2 Å². The summed E-state index contributed by atoms with van der Waals surface area (Å²) in [6.45, 7) is 3.10. The number of halogens is 5. The minimum absolute atomic E-state index is 0.0651. The predicted octanol–water partition coefficient (Wildman–Crippen LogP) is 5.65. The molecule has 2 rings (SSSR count). The number of aromatic nitrogens is 1. The topological polar surface area (TPSA) is 24.9 Å². The molecule has 1 N–H and O–H groups in total. The number of anilines is 1. The Morgan fingerprint density at radius 1 is 1.29 bits per heavy atom. The molecule has 0 aliphatic heterocycles. The molecule has 0 aliphatic carbocycles. The Morgan fingerprint density at radius 2 is 1.96 bits per heavy atom. The van der Waals surface area contributed by atoms with E-state index < -0.39 is 23.5 Å². The molecule has 128 valence electrons. The van der Waals surface area contributed by atoms with Crippen LogP contribution in [0.15, 0.2) is 42.1 Å². The van der Waals surface area contributed by atoms with Crippen molar-refractivity contribution < 1.29 is 17.6 Å². The Bertz CT molecular complexity index is 770. The van der Waals surface area contributed by atoms with Gasteiger partial charge in [-0.05, 0) is 31.0 Å². The van der Waals surface area contributed by atoms with Crippen molar-refractivity contribution in [3.8, 4) is 0 Å². The van der Waals surface area contributed by atoms with Crippen LogP contribution in [-0.4, -0.2) is 11.2 Å². The van der Waals surface area contributed by atoms with Crippen LogP contribution in [0.2, 0.25) is 5.02 Å². The molecule has 0 saturated carbocycles. The quantitative estimate of drug-likeness (QED) is 0.714. The van der Waals surface area contributed by atoms with E-state index in [2.05, 4.69) is 4.98 Å². The molecule has 2 nitrogen and oxygen atoms in total. The molecule has 0 spiro atoms. The molecule has 1 aromatic heterocycles. The fraction of sp³-hybridized carbons (Fsp3) is 0.235. The van der Waals surface area contributed by atoms with Crippen LogP contribution in [0.25, 0.3) is 0 Å². The van der Waals surface area contributed by atoms with Crippen LogP contribution < -0.4 is 5.32 Å². The first-order chi connectivity index (χ1) is 11.2. The third kappa shape index (κ3) is 4.26. The lowest BCUT2D eigenvalue weighted by atomic mass is 10.0. The zero-order chi connectivity index (χ0) is 17.9. The molecule has 0 fully saturated rings. The minimum Gasteiger partial charge on any atom is -0.334 e. The van der Waals surface area contributed by atoms with Gasteiger partial charge >= 0.3 is 6.18 Å². The van der Waals surface area contributed by atoms with Gasteiger partial charge in [0.1, 0.15) is 5.70 Å². The summed E-state index contributed by atoms with van der Waals surface area (Å²) in [4.78, 5) is 3.95. The lowest BCUT2D eigenvalue weighted by Crippen LogP contribution is -2.20. The van der Waals surface area contributed by atoms with Crippen LogP contribution in [0.4, 0.5) is 23.4 Å². The van der Waals surface area contributed by atoms with Crippen molar-refractivity contribution in [1.29, 1.82) is 0 Å². The van der Waals surface area contributed by atoms with E-state index in [-0.39, 0.29) is 11.4 Å². The standard InChI is InChI=1S/C17H15ClF4N2/c1-3-15(17(20,21)22)24-16-13(19)9-12(18)14(23-16)8-11-7-5-4-6-10(11)2/h3-7,9H,8H2,1-2H3,(H,23,24)/b15-3-. The van der Waals surface area contributed by atoms with Gasteiger partial charge in [-0.15, -0.1) is 0 Å². The predicted molar refractivity (Wildman–Crippen MR) is 86.6 cm³/mol. The number of benzene rings is 1. The van der Waals surface area contributed by atoms with Gasteiger partial charge in [0.15, 0.2) is 11.6 Å². The molecule has 0 bridgehead atoms. The van der Waals surface area contributed by atoms with Crippen molar-refractivity contribution in [2.24, 2.45) is 0 Å². The minimum atomic E-state index is -4.63. The smallest absolute Gasteiger partial charge is 0.334 e. The van der Waals surface area contributed by atoms with Gasteiger partial charge in [0, 0.05) is 6.42 Å². The molecule has 0 unspecified atom stereocenters. The summed E-state index contributed by atoms with van der Waals surface area (Å²) in [6.07, 6.45) is -3.52. The lowest BCUT2D eigenvalue weighted by Gasteiger charge is -2.15. The van der Waals surface area contributed by atoms with E-state index in [4.69, 9.17) is 11.6 Å². The van der Waals surface area contributed by atoms with Crippen LogP contribution >= 0.6 is 11.6 Å². The number of hydrogen-bond donors (Lipinski definition) is 1. The highest BCUT2D eigenvalue weighted by Gasteiger charge is 2.34. The molecule has 24 heavy (non-hydrogen) atoms. The molecule has 0 aliphatic rings. The number of nitrogens with one attached hydrogen (secondary N) is 1. The number of aryl methyl sites for hydroxylation is 1. The van der Waals surface area contributed by atoms with Gasteiger partial charge in [-0.25, -0.2) is 9.37 Å². The monoisotopic (exact) mass is 358 g/mol. The maximum Gasteiger partial charge on any atom is 0.430 e. The fourth-order valence-electron chi connectivity index (χ4n) is 2.14. The maximum atomic E-state index is 13.9. The van der Waals surface area contributed by atoms with Crippen LogP contribution in [-0.2, 0) is 6.42 Å². The first-order valence-corrected chi connectivity index (χ1v) is 7.50. The Balaban J connectivity index is 2.37. The van der Waals surface area contributed by atoms with Gasteiger partial charge in [0.2, 0.25) is 0 Å². The van der Waals surface area contributed by atoms with E-state index in [1.54, 1.807) is 0 Å². The summed E-state index contributed by atoms with van der Waals surface area (Å²) in [5.41, 5.74) is 1.11. The van der Waals surface area contributed by atoms with Gasteiger partial charge in [-0.1, -0.05) is 41.9 Å². The summed E-state index contributed by atoms with van der Waals surface area (Å²) in [5.74, 6) is -1.45. The molecular formula is C17H15ClF4N2. The van der Waals surface area contributed by atoms with Crippen LogP contribution in [0.3, 0.4) is 0 Å². The van der Waals surface area contributed by atoms with Crippen LogP contribution in [0, 0.1) is 12.7 Å². The van der Waals surface area contributed by atoms with Gasteiger partial charge in [-0.3, -0.25) is 0 Å². The third-order valence-corrected chi connectivity index (χ3v) is 3.80. The number of allylic oxidation sites excluding steroid dienone is 2. The second-order valence-corrected chi connectivity index (χ2v) is 5.58. The summed E-state index contributed by atoms with van der Waals surface area (Å²) in [6, 6.07) is 8.42. The van der Waals surface area contributed by atoms with E-state index in [0.29, 0.717) is 5.69 Å². The Kier molecular flexibility index (Phi) is 5.49. The molecule has 2 aromatic rings. The van der Waals surface area contributed by atoms with Crippen molar-refractivity contribution >= 4 is 17.4 Å². The number of rotatable bonds is 4. The Labute approximate surface area is 142 Å². The SMILES string of the molecule is C/C=C(\Nc1nc(Cc2ccccc2C)c(Cl)cc1F)C(F)(F)F. The largest absolute Gasteiger partial charge is 0.430 e. The van der Waals surface area contributed by atoms with Crippen molar-refractivity contribution in [2.45, 2.75) is 26.4 Å². The maximum absolute atomic E-state index is 13.9. The van der Waals surface area contributed by atoms with Crippen molar-refractivity contribution in [1.82, 2.24) is 4.98 Å². The molecule has 0 amide bonds. The first kappa shape index (κ1) is 18.3. The molecule has 0 atom stereocenters. The molecule has 7 heteroatoms. The average molecular weight is 359 g/mol. The number of alkyl halides is 3. The molecule has 0 saturated heterocycles. The van der Waals surface area contributed by atoms with Gasteiger partial charge < -0.3 is 5.32 Å². The zero-order valence-electron chi connectivity index (χ0n) is 13.0. The number of pyridine rings is 1. The summed E-state index contributed by atoms with van der Waals surface area (Å²) < 4.78 is 52.4. The Hall–Kier alpha value is -2.08. The fourth-order valence-corrected chi connectivity index (χ4v) is 2.34. The zero-order valence-corrected chi connectivity index (χ0v) is 13.8. The second-order valence-electron chi connectivity index (χ2n) is 5.18. The highest BCUT2D eigenvalue weighted by molar-refractivity contribution is 6.31. The second kappa shape index (κ2) is 7.21. The Morgan fingerprint density at radius 3 is 2.54 bits per heavy atom. The summed E-state index contributed by atoms with van der Waals surface area (Å²) >= 11 is 6.00. The number of hydrogen-bond acceptors (Lipinski definition) is 2. The van der Waals surface area contributed by atoms with Gasteiger partial charge in [0.25, 0.3) is 0 Å². The summed E-state index contributed by atoms with van der Waals surface area (Å²) in [7, 11) is 0. The van der Waals surface area contributed by atoms with E-state index in [1.165, 1.54) is 6.92 Å². The number of nitrogens with zero attached hydrogens (tertiary/aromatic N) is 1. The molecule has 0 radical (unpaired) electrons. The first-order valence-electron chi connectivity index (χ1n) is 7.12. The molecule has 1 heterocycles. The van der Waals surface area contributed by atoms with E-state index >= 15 is 0 Å². The lowest BCUT2D eigenvalue weighted by molar-refractivity contribution is -0.0904. The van der Waals surface area contributed by atoms with Crippen LogP contribution in [0.1, 0.15) is 23.7 Å². The van der Waals surface area contributed by atoms with Crippen molar-refractivity contribution in [3.63, 3.8) is 0 Å². The van der Waals surface area contributed by atoms with E-state index in [9.17, 15) is 17.6 Å². The molecular weight excluding hydrogens is 344 g/mol. The van der Waals surface area contributed by atoms with Crippen molar-refractivity contribution in [3.05, 3.63) is 69.8 Å². The van der Waals surface area contributed by atoms with Crippen LogP contribution in [0.5, 0.6) is 0 Å². The summed E-state index contributed by atoms with van der Waals surface area (Å²) in [5, 5.41) is 2.06. The third-order valence-electron chi connectivity index (χ3n) is 3.47.